The van der Waals surface area contributed by atoms with E-state index < -0.39 is 5.54 Å². The Kier molecular flexibility index (Phi) is 2.52. The molecule has 1 rings (SSSR count). The zero-order valence-electron chi connectivity index (χ0n) is 7.52. The van der Waals surface area contributed by atoms with Crippen LogP contribution in [0.4, 0.5) is 0 Å². The van der Waals surface area contributed by atoms with Gasteiger partial charge in [0.05, 0.1) is 5.54 Å². The van der Waals surface area contributed by atoms with Crippen molar-refractivity contribution in [1.29, 1.82) is 0 Å². The molecule has 0 radical (unpaired) electrons. The first-order valence-corrected chi connectivity index (χ1v) is 4.26. The van der Waals surface area contributed by atoms with Gasteiger partial charge in [-0.25, -0.2) is 0 Å². The van der Waals surface area contributed by atoms with E-state index in [0.717, 1.165) is 24.8 Å². The number of carbonyl (C=O) groups is 1. The Labute approximate surface area is 73.0 Å². The van der Waals surface area contributed by atoms with Gasteiger partial charge < -0.3 is 11.1 Å². The minimum atomic E-state index is -0.574. The van der Waals surface area contributed by atoms with Crippen LogP contribution in [-0.4, -0.2) is 18.0 Å². The van der Waals surface area contributed by atoms with Gasteiger partial charge in [0.25, 0.3) is 0 Å². The summed E-state index contributed by atoms with van der Waals surface area (Å²) in [6.07, 6.45) is 2.70. The molecule has 68 valence electrons. The van der Waals surface area contributed by atoms with Crippen molar-refractivity contribution in [3.8, 4) is 0 Å². The van der Waals surface area contributed by atoms with Crippen molar-refractivity contribution in [2.24, 2.45) is 5.73 Å². The molecule has 3 N–H and O–H groups in total. The van der Waals surface area contributed by atoms with E-state index in [2.05, 4.69) is 11.9 Å². The van der Waals surface area contributed by atoms with Crippen molar-refractivity contribution >= 4 is 5.91 Å². The summed E-state index contributed by atoms with van der Waals surface area (Å²) < 4.78 is 0. The quantitative estimate of drug-likeness (QED) is 0.605. The highest BCUT2D eigenvalue weighted by molar-refractivity contribution is 5.87. The Bertz CT molecular complexity index is 207. The first-order valence-electron chi connectivity index (χ1n) is 4.26. The zero-order valence-corrected chi connectivity index (χ0v) is 7.52. The summed E-state index contributed by atoms with van der Waals surface area (Å²) in [5.74, 6) is -0.0308. The van der Waals surface area contributed by atoms with E-state index in [4.69, 9.17) is 5.73 Å². The molecule has 1 saturated carbocycles. The van der Waals surface area contributed by atoms with Crippen molar-refractivity contribution in [3.63, 3.8) is 0 Å². The van der Waals surface area contributed by atoms with E-state index in [1.54, 1.807) is 0 Å². The van der Waals surface area contributed by atoms with Crippen LogP contribution in [0, 0.1) is 0 Å². The second kappa shape index (κ2) is 3.27. The summed E-state index contributed by atoms with van der Waals surface area (Å²) >= 11 is 0. The molecule has 1 aliphatic rings. The molecule has 3 heteroatoms. The molecular formula is C9H16N2O. The molecule has 3 nitrogen and oxygen atoms in total. The third kappa shape index (κ3) is 1.85. The minimum absolute atomic E-state index is 0.0308. The van der Waals surface area contributed by atoms with Crippen LogP contribution in [0.5, 0.6) is 0 Å². The number of hydrogen-bond acceptors (Lipinski definition) is 2. The van der Waals surface area contributed by atoms with Gasteiger partial charge in [0.2, 0.25) is 5.91 Å². The lowest BCUT2D eigenvalue weighted by molar-refractivity contribution is -0.129. The summed E-state index contributed by atoms with van der Waals surface area (Å²) in [4.78, 5) is 11.4. The molecule has 0 spiro atoms. The fraction of sp³-hybridized carbons (Fsp3) is 0.667. The lowest BCUT2D eigenvalue weighted by Crippen LogP contribution is -2.58. The Morgan fingerprint density at radius 1 is 1.67 bits per heavy atom. The summed E-state index contributed by atoms with van der Waals surface area (Å²) in [6, 6.07) is 0. The number of amides is 1. The van der Waals surface area contributed by atoms with E-state index in [0.29, 0.717) is 6.54 Å². The highest BCUT2D eigenvalue weighted by Gasteiger charge is 2.39. The normalized spacial score (nSPS) is 19.5. The van der Waals surface area contributed by atoms with Crippen LogP contribution in [0.3, 0.4) is 0 Å². The second-order valence-corrected chi connectivity index (χ2v) is 3.65. The Hall–Kier alpha value is -0.830. The lowest BCUT2D eigenvalue weighted by Gasteiger charge is -2.36. The third-order valence-corrected chi connectivity index (χ3v) is 2.25. The summed E-state index contributed by atoms with van der Waals surface area (Å²) in [5, 5.41) is 2.76. The standard InChI is InChI=1S/C9H16N2O/c1-7(2)6-11-8(12)9(10)4-3-5-9/h1,3-6,10H2,2H3,(H,11,12). The van der Waals surface area contributed by atoms with Crippen molar-refractivity contribution in [2.75, 3.05) is 6.54 Å². The molecule has 0 saturated heterocycles. The Morgan fingerprint density at radius 2 is 2.25 bits per heavy atom. The number of rotatable bonds is 3. The van der Waals surface area contributed by atoms with Crippen LogP contribution in [0.25, 0.3) is 0 Å². The Balaban J connectivity index is 2.33. The highest BCUT2D eigenvalue weighted by atomic mass is 16.2. The molecule has 1 aliphatic carbocycles. The third-order valence-electron chi connectivity index (χ3n) is 2.25. The summed E-state index contributed by atoms with van der Waals surface area (Å²) in [6.45, 7) is 6.12. The zero-order chi connectivity index (χ0) is 9.19. The van der Waals surface area contributed by atoms with Gasteiger partial charge in [-0.3, -0.25) is 4.79 Å². The average molecular weight is 168 g/mol. The van der Waals surface area contributed by atoms with Crippen molar-refractivity contribution in [2.45, 2.75) is 31.7 Å². The van der Waals surface area contributed by atoms with Crippen LogP contribution < -0.4 is 11.1 Å². The van der Waals surface area contributed by atoms with E-state index in [9.17, 15) is 4.79 Å². The number of nitrogens with two attached hydrogens (primary N) is 1. The van der Waals surface area contributed by atoms with E-state index in [1.807, 2.05) is 6.92 Å². The van der Waals surface area contributed by atoms with Crippen LogP contribution in [-0.2, 0) is 4.79 Å². The molecule has 0 aromatic carbocycles. The van der Waals surface area contributed by atoms with Crippen LogP contribution in [0.1, 0.15) is 26.2 Å². The van der Waals surface area contributed by atoms with Gasteiger partial charge in [0, 0.05) is 6.54 Å². The fourth-order valence-corrected chi connectivity index (χ4v) is 1.19. The molecule has 0 bridgehead atoms. The maximum absolute atomic E-state index is 11.4. The van der Waals surface area contributed by atoms with Gasteiger partial charge in [0.15, 0.2) is 0 Å². The SMILES string of the molecule is C=C(C)CNC(=O)C1(N)CCC1. The van der Waals surface area contributed by atoms with Gasteiger partial charge in [-0.1, -0.05) is 12.2 Å². The number of hydrogen-bond donors (Lipinski definition) is 2. The molecule has 12 heavy (non-hydrogen) atoms. The van der Waals surface area contributed by atoms with Crippen molar-refractivity contribution in [1.82, 2.24) is 5.32 Å². The monoisotopic (exact) mass is 168 g/mol. The first kappa shape index (κ1) is 9.26. The maximum atomic E-state index is 11.4. The van der Waals surface area contributed by atoms with Gasteiger partial charge in [-0.15, -0.1) is 0 Å². The van der Waals surface area contributed by atoms with Crippen LogP contribution in [0.2, 0.25) is 0 Å². The molecule has 1 fully saturated rings. The Morgan fingerprint density at radius 3 is 2.58 bits per heavy atom. The predicted octanol–water partition coefficient (Wildman–Crippen LogP) is 0.560. The summed E-state index contributed by atoms with van der Waals surface area (Å²) in [7, 11) is 0. The van der Waals surface area contributed by atoms with E-state index in [-0.39, 0.29) is 5.91 Å². The number of nitrogens with one attached hydrogen (secondary N) is 1. The van der Waals surface area contributed by atoms with Gasteiger partial charge >= 0.3 is 0 Å². The molecule has 0 unspecified atom stereocenters. The lowest BCUT2D eigenvalue weighted by atomic mass is 9.77. The van der Waals surface area contributed by atoms with E-state index in [1.165, 1.54) is 0 Å². The molecule has 0 aromatic rings. The van der Waals surface area contributed by atoms with E-state index >= 15 is 0 Å². The molecule has 1 amide bonds. The van der Waals surface area contributed by atoms with Gasteiger partial charge in [-0.2, -0.15) is 0 Å². The largest absolute Gasteiger partial charge is 0.351 e. The smallest absolute Gasteiger partial charge is 0.240 e. The predicted molar refractivity (Wildman–Crippen MR) is 48.6 cm³/mol. The van der Waals surface area contributed by atoms with Gasteiger partial charge in [0.1, 0.15) is 0 Å². The van der Waals surface area contributed by atoms with Crippen molar-refractivity contribution in [3.05, 3.63) is 12.2 Å². The number of carbonyl (C=O) groups excluding carboxylic acids is 1. The average Bonchev–Trinajstić information content (AvgIpc) is 1.95. The molecular weight excluding hydrogens is 152 g/mol. The molecule has 0 heterocycles. The fourth-order valence-electron chi connectivity index (χ4n) is 1.19. The van der Waals surface area contributed by atoms with Crippen LogP contribution >= 0.6 is 0 Å². The first-order chi connectivity index (χ1) is 5.54. The van der Waals surface area contributed by atoms with Crippen molar-refractivity contribution < 1.29 is 4.79 Å². The molecule has 0 aromatic heterocycles. The highest BCUT2D eigenvalue weighted by Crippen LogP contribution is 2.28. The van der Waals surface area contributed by atoms with Gasteiger partial charge in [-0.05, 0) is 26.2 Å². The summed E-state index contributed by atoms with van der Waals surface area (Å²) in [5.41, 5.74) is 6.17. The van der Waals surface area contributed by atoms with Crippen LogP contribution in [0.15, 0.2) is 12.2 Å². The topological polar surface area (TPSA) is 55.1 Å². The maximum Gasteiger partial charge on any atom is 0.240 e. The second-order valence-electron chi connectivity index (χ2n) is 3.65. The molecule has 0 aliphatic heterocycles. The molecule has 0 atom stereocenters. The minimum Gasteiger partial charge on any atom is -0.351 e.